The van der Waals surface area contributed by atoms with E-state index < -0.39 is 10.0 Å². The summed E-state index contributed by atoms with van der Waals surface area (Å²) < 4.78 is 34.5. The van der Waals surface area contributed by atoms with Crippen LogP contribution in [0.1, 0.15) is 24.4 Å². The van der Waals surface area contributed by atoms with Gasteiger partial charge in [-0.15, -0.1) is 0 Å². The monoisotopic (exact) mass is 395 g/mol. The molecule has 0 bridgehead atoms. The summed E-state index contributed by atoms with van der Waals surface area (Å²) in [7, 11) is -2.21. The topological polar surface area (TPSA) is 55.4 Å². The first-order valence-corrected chi connectivity index (χ1v) is 9.69. The van der Waals surface area contributed by atoms with Crippen molar-refractivity contribution in [2.75, 3.05) is 7.11 Å². The van der Waals surface area contributed by atoms with Gasteiger partial charge in [0, 0.05) is 10.5 Å². The van der Waals surface area contributed by atoms with E-state index in [9.17, 15) is 8.42 Å². The summed E-state index contributed by atoms with van der Waals surface area (Å²) in [6.45, 7) is 0. The lowest BCUT2D eigenvalue weighted by molar-refractivity contribution is 0.401. The Bertz CT molecular complexity index is 789. The molecule has 0 aromatic heterocycles. The summed E-state index contributed by atoms with van der Waals surface area (Å²) in [6, 6.07) is 14.5. The molecule has 1 saturated carbocycles. The number of sulfonamides is 1. The van der Waals surface area contributed by atoms with Crippen molar-refractivity contribution in [3.05, 3.63) is 58.6 Å². The Hall–Kier alpha value is -1.37. The van der Waals surface area contributed by atoms with Crippen LogP contribution in [-0.4, -0.2) is 15.5 Å². The summed E-state index contributed by atoms with van der Waals surface area (Å²) in [5, 5.41) is 0. The molecule has 3 rings (SSSR count). The van der Waals surface area contributed by atoms with Crippen molar-refractivity contribution in [1.82, 2.24) is 4.72 Å². The average Bonchev–Trinajstić information content (AvgIpc) is 3.38. The van der Waals surface area contributed by atoms with Gasteiger partial charge in [-0.3, -0.25) is 0 Å². The number of nitrogens with one attached hydrogen (secondary N) is 1. The molecule has 0 aliphatic heterocycles. The molecule has 1 aliphatic carbocycles. The Morgan fingerprint density at radius 1 is 1.17 bits per heavy atom. The zero-order valence-electron chi connectivity index (χ0n) is 12.7. The molecule has 1 fully saturated rings. The van der Waals surface area contributed by atoms with Crippen LogP contribution in [0, 0.1) is 5.92 Å². The summed E-state index contributed by atoms with van der Waals surface area (Å²) in [6.07, 6.45) is 2.08. The van der Waals surface area contributed by atoms with Crippen LogP contribution in [0.25, 0.3) is 0 Å². The standard InChI is InChI=1S/C17H18BrNO3S/c1-22-15-10-9-14(18)11-16(15)23(20,21)19-17(13-7-8-13)12-5-3-2-4-6-12/h2-6,9-11,13,17,19H,7-8H2,1H3. The van der Waals surface area contributed by atoms with Gasteiger partial charge in [-0.05, 0) is 42.5 Å². The molecular formula is C17H18BrNO3S. The van der Waals surface area contributed by atoms with Gasteiger partial charge in [-0.25, -0.2) is 13.1 Å². The van der Waals surface area contributed by atoms with Crippen molar-refractivity contribution in [3.63, 3.8) is 0 Å². The van der Waals surface area contributed by atoms with Crippen LogP contribution in [0.4, 0.5) is 0 Å². The summed E-state index contributed by atoms with van der Waals surface area (Å²) >= 11 is 3.32. The van der Waals surface area contributed by atoms with Crippen LogP contribution in [-0.2, 0) is 10.0 Å². The normalized spacial score (nSPS) is 16.1. The molecule has 0 spiro atoms. The zero-order chi connectivity index (χ0) is 16.4. The highest BCUT2D eigenvalue weighted by Gasteiger charge is 2.36. The largest absolute Gasteiger partial charge is 0.495 e. The van der Waals surface area contributed by atoms with E-state index >= 15 is 0 Å². The third-order valence-corrected chi connectivity index (χ3v) is 5.90. The molecular weight excluding hydrogens is 378 g/mol. The maximum absolute atomic E-state index is 12.9. The van der Waals surface area contributed by atoms with E-state index in [4.69, 9.17) is 4.74 Å². The van der Waals surface area contributed by atoms with Crippen molar-refractivity contribution in [3.8, 4) is 5.75 Å². The Labute approximate surface area is 145 Å². The van der Waals surface area contributed by atoms with Crippen LogP contribution in [0.5, 0.6) is 5.75 Å². The first kappa shape index (κ1) is 16.5. The van der Waals surface area contributed by atoms with E-state index in [0.29, 0.717) is 16.1 Å². The lowest BCUT2D eigenvalue weighted by atomic mass is 10.0. The van der Waals surface area contributed by atoms with Gasteiger partial charge in [-0.2, -0.15) is 0 Å². The first-order valence-electron chi connectivity index (χ1n) is 7.42. The molecule has 23 heavy (non-hydrogen) atoms. The molecule has 2 aromatic rings. The maximum atomic E-state index is 12.9. The lowest BCUT2D eigenvalue weighted by Gasteiger charge is -2.20. The predicted octanol–water partition coefficient (Wildman–Crippen LogP) is 3.89. The molecule has 0 saturated heterocycles. The van der Waals surface area contributed by atoms with E-state index in [1.54, 1.807) is 18.2 Å². The van der Waals surface area contributed by atoms with E-state index in [-0.39, 0.29) is 10.9 Å². The first-order chi connectivity index (χ1) is 11.0. The molecule has 1 aliphatic rings. The van der Waals surface area contributed by atoms with Crippen molar-refractivity contribution in [1.29, 1.82) is 0 Å². The Morgan fingerprint density at radius 3 is 2.48 bits per heavy atom. The number of rotatable bonds is 6. The molecule has 1 unspecified atom stereocenters. The second-order valence-corrected chi connectivity index (χ2v) is 8.24. The average molecular weight is 396 g/mol. The van der Waals surface area contributed by atoms with E-state index in [1.165, 1.54) is 7.11 Å². The van der Waals surface area contributed by atoms with Gasteiger partial charge >= 0.3 is 0 Å². The third kappa shape index (κ3) is 3.76. The highest BCUT2D eigenvalue weighted by atomic mass is 79.9. The second kappa shape index (κ2) is 6.63. The van der Waals surface area contributed by atoms with E-state index in [2.05, 4.69) is 20.7 Å². The second-order valence-electron chi connectivity index (χ2n) is 5.64. The number of halogens is 1. The number of hydrogen-bond donors (Lipinski definition) is 1. The van der Waals surface area contributed by atoms with Crippen molar-refractivity contribution >= 4 is 26.0 Å². The van der Waals surface area contributed by atoms with Gasteiger partial charge in [0.05, 0.1) is 7.11 Å². The van der Waals surface area contributed by atoms with Crippen LogP contribution in [0.2, 0.25) is 0 Å². The van der Waals surface area contributed by atoms with Crippen LogP contribution in [0.3, 0.4) is 0 Å². The number of hydrogen-bond acceptors (Lipinski definition) is 3. The minimum Gasteiger partial charge on any atom is -0.495 e. The molecule has 0 amide bonds. The lowest BCUT2D eigenvalue weighted by Crippen LogP contribution is -2.30. The Kier molecular flexibility index (Phi) is 4.75. The molecule has 0 heterocycles. The molecule has 0 radical (unpaired) electrons. The number of ether oxygens (including phenoxy) is 1. The van der Waals surface area contributed by atoms with Gasteiger partial charge in [-0.1, -0.05) is 46.3 Å². The molecule has 1 atom stereocenters. The summed E-state index contributed by atoms with van der Waals surface area (Å²) in [5.41, 5.74) is 0.993. The summed E-state index contributed by atoms with van der Waals surface area (Å²) in [4.78, 5) is 0.149. The SMILES string of the molecule is COc1ccc(Br)cc1S(=O)(=O)NC(c1ccccc1)C1CC1. The van der Waals surface area contributed by atoms with Crippen molar-refractivity contribution in [2.24, 2.45) is 5.92 Å². The Morgan fingerprint density at radius 2 is 1.87 bits per heavy atom. The highest BCUT2D eigenvalue weighted by molar-refractivity contribution is 9.10. The van der Waals surface area contributed by atoms with Gasteiger partial charge in [0.1, 0.15) is 10.6 Å². The molecule has 2 aromatic carbocycles. The Balaban J connectivity index is 1.95. The van der Waals surface area contributed by atoms with Gasteiger partial charge in [0.15, 0.2) is 0 Å². The minimum atomic E-state index is -3.68. The van der Waals surface area contributed by atoms with Crippen LogP contribution in [0.15, 0.2) is 57.9 Å². The molecule has 4 nitrogen and oxygen atoms in total. The highest BCUT2D eigenvalue weighted by Crippen LogP contribution is 2.42. The summed E-state index contributed by atoms with van der Waals surface area (Å²) in [5.74, 6) is 0.689. The van der Waals surface area contributed by atoms with Crippen molar-refractivity contribution < 1.29 is 13.2 Å². The van der Waals surface area contributed by atoms with Gasteiger partial charge in [0.2, 0.25) is 10.0 Å². The fourth-order valence-electron chi connectivity index (χ4n) is 2.62. The third-order valence-electron chi connectivity index (χ3n) is 3.95. The quantitative estimate of drug-likeness (QED) is 0.806. The van der Waals surface area contributed by atoms with Crippen LogP contribution < -0.4 is 9.46 Å². The molecule has 122 valence electrons. The van der Waals surface area contributed by atoms with Gasteiger partial charge < -0.3 is 4.74 Å². The van der Waals surface area contributed by atoms with Crippen molar-refractivity contribution in [2.45, 2.75) is 23.8 Å². The zero-order valence-corrected chi connectivity index (χ0v) is 15.1. The van der Waals surface area contributed by atoms with Gasteiger partial charge in [0.25, 0.3) is 0 Å². The fraction of sp³-hybridized carbons (Fsp3) is 0.294. The molecule has 1 N–H and O–H groups in total. The fourth-order valence-corrected chi connectivity index (χ4v) is 4.62. The maximum Gasteiger partial charge on any atom is 0.244 e. The molecule has 6 heteroatoms. The number of benzene rings is 2. The van der Waals surface area contributed by atoms with Crippen LogP contribution >= 0.6 is 15.9 Å². The number of methoxy groups -OCH3 is 1. The smallest absolute Gasteiger partial charge is 0.244 e. The van der Waals surface area contributed by atoms with E-state index in [1.807, 2.05) is 30.3 Å². The minimum absolute atomic E-state index is 0.149. The van der Waals surface area contributed by atoms with E-state index in [0.717, 1.165) is 18.4 Å². The predicted molar refractivity (Wildman–Crippen MR) is 92.9 cm³/mol.